The Hall–Kier alpha value is -1.13. The van der Waals surface area contributed by atoms with E-state index in [1.807, 2.05) is 13.0 Å². The van der Waals surface area contributed by atoms with Crippen LogP contribution < -0.4 is 10.2 Å². The fourth-order valence-corrected chi connectivity index (χ4v) is 2.10. The lowest BCUT2D eigenvalue weighted by Gasteiger charge is -2.31. The summed E-state index contributed by atoms with van der Waals surface area (Å²) >= 11 is 0. The lowest BCUT2D eigenvalue weighted by atomic mass is 10.1. The highest BCUT2D eigenvalue weighted by molar-refractivity contribution is 5.55. The Morgan fingerprint density at radius 3 is 2.68 bits per heavy atom. The Bertz CT molecular complexity index is 382. The Labute approximate surface area is 115 Å². The number of hydrogen-bond acceptors (Lipinski definition) is 3. The fraction of sp³-hybridized carbons (Fsp3) is 0.600. The number of benzene rings is 1. The molecule has 1 aromatic rings. The van der Waals surface area contributed by atoms with E-state index in [1.165, 1.54) is 6.07 Å². The number of halogens is 1. The zero-order valence-electron chi connectivity index (χ0n) is 12.4. The van der Waals surface area contributed by atoms with Crippen LogP contribution in [-0.4, -0.2) is 32.8 Å². The van der Waals surface area contributed by atoms with Gasteiger partial charge in [0.05, 0.1) is 12.3 Å². The molecule has 0 bridgehead atoms. The average Bonchev–Trinajstić information content (AvgIpc) is 2.38. The van der Waals surface area contributed by atoms with E-state index < -0.39 is 0 Å². The van der Waals surface area contributed by atoms with E-state index in [2.05, 4.69) is 24.1 Å². The molecule has 0 fully saturated rings. The standard InChI is InChI=1S/C15H25FN2O/c1-5-17-11-13-7-6-8-14(16)15(13)18(12(2)3)9-10-19-4/h6-8,12,17H,5,9-11H2,1-4H3. The monoisotopic (exact) mass is 268 g/mol. The molecular weight excluding hydrogens is 243 g/mol. The third kappa shape index (κ3) is 4.48. The molecule has 0 amide bonds. The molecule has 0 saturated heterocycles. The lowest BCUT2D eigenvalue weighted by Crippen LogP contribution is -2.35. The van der Waals surface area contributed by atoms with Crippen molar-refractivity contribution in [2.45, 2.75) is 33.4 Å². The third-order valence-electron chi connectivity index (χ3n) is 3.08. The first-order valence-electron chi connectivity index (χ1n) is 6.85. The van der Waals surface area contributed by atoms with Gasteiger partial charge in [0.1, 0.15) is 5.82 Å². The number of ether oxygens (including phenoxy) is 1. The summed E-state index contributed by atoms with van der Waals surface area (Å²) in [6.07, 6.45) is 0. The minimum Gasteiger partial charge on any atom is -0.383 e. The predicted molar refractivity (Wildman–Crippen MR) is 78.1 cm³/mol. The van der Waals surface area contributed by atoms with Gasteiger partial charge in [0.2, 0.25) is 0 Å². The van der Waals surface area contributed by atoms with Crippen molar-refractivity contribution in [3.63, 3.8) is 0 Å². The van der Waals surface area contributed by atoms with Crippen molar-refractivity contribution in [3.05, 3.63) is 29.6 Å². The number of nitrogens with zero attached hydrogens (tertiary/aromatic N) is 1. The van der Waals surface area contributed by atoms with Crippen molar-refractivity contribution in [2.75, 3.05) is 31.7 Å². The zero-order valence-corrected chi connectivity index (χ0v) is 12.4. The van der Waals surface area contributed by atoms with Crippen molar-refractivity contribution < 1.29 is 9.13 Å². The molecule has 1 rings (SSSR count). The minimum absolute atomic E-state index is 0.166. The van der Waals surface area contributed by atoms with Gasteiger partial charge < -0.3 is 15.0 Å². The molecule has 19 heavy (non-hydrogen) atoms. The van der Waals surface area contributed by atoms with Crippen LogP contribution in [0.1, 0.15) is 26.3 Å². The highest BCUT2D eigenvalue weighted by Crippen LogP contribution is 2.26. The maximum atomic E-state index is 14.2. The van der Waals surface area contributed by atoms with Gasteiger partial charge >= 0.3 is 0 Å². The SMILES string of the molecule is CCNCc1cccc(F)c1N(CCOC)C(C)C. The smallest absolute Gasteiger partial charge is 0.146 e. The van der Waals surface area contributed by atoms with Gasteiger partial charge in [0.15, 0.2) is 0 Å². The summed E-state index contributed by atoms with van der Waals surface area (Å²) in [7, 11) is 1.67. The summed E-state index contributed by atoms with van der Waals surface area (Å²) < 4.78 is 19.3. The molecule has 108 valence electrons. The molecule has 0 atom stereocenters. The van der Waals surface area contributed by atoms with Gasteiger partial charge in [-0.25, -0.2) is 4.39 Å². The maximum Gasteiger partial charge on any atom is 0.146 e. The molecule has 0 unspecified atom stereocenters. The molecule has 0 spiro atoms. The van der Waals surface area contributed by atoms with Crippen molar-refractivity contribution in [1.82, 2.24) is 5.32 Å². The first kappa shape index (κ1) is 15.9. The van der Waals surface area contributed by atoms with Crippen LogP contribution in [0, 0.1) is 5.82 Å². The molecule has 4 heteroatoms. The first-order chi connectivity index (χ1) is 9.11. The summed E-state index contributed by atoms with van der Waals surface area (Å²) in [5, 5.41) is 3.26. The zero-order chi connectivity index (χ0) is 14.3. The number of rotatable bonds is 8. The number of methoxy groups -OCH3 is 1. The Morgan fingerprint density at radius 2 is 2.11 bits per heavy atom. The predicted octanol–water partition coefficient (Wildman–Crippen LogP) is 2.80. The van der Waals surface area contributed by atoms with Crippen LogP contribution in [0.25, 0.3) is 0 Å². The molecule has 0 saturated carbocycles. The van der Waals surface area contributed by atoms with E-state index in [9.17, 15) is 4.39 Å². The number of nitrogens with one attached hydrogen (secondary N) is 1. The van der Waals surface area contributed by atoms with Gasteiger partial charge in [-0.3, -0.25) is 0 Å². The summed E-state index contributed by atoms with van der Waals surface area (Å²) in [5.74, 6) is -0.166. The van der Waals surface area contributed by atoms with Gasteiger partial charge in [0.25, 0.3) is 0 Å². The van der Waals surface area contributed by atoms with Crippen LogP contribution in [0.4, 0.5) is 10.1 Å². The third-order valence-corrected chi connectivity index (χ3v) is 3.08. The van der Waals surface area contributed by atoms with E-state index in [0.717, 1.165) is 12.1 Å². The molecule has 0 aromatic heterocycles. The molecule has 0 aliphatic heterocycles. The number of para-hydroxylation sites is 1. The molecule has 0 aliphatic carbocycles. The Kier molecular flexibility index (Phi) is 6.81. The topological polar surface area (TPSA) is 24.5 Å². The second kappa shape index (κ2) is 8.12. The molecule has 0 aliphatic rings. The van der Waals surface area contributed by atoms with Gasteiger partial charge in [-0.2, -0.15) is 0 Å². The van der Waals surface area contributed by atoms with E-state index in [0.29, 0.717) is 25.4 Å². The van der Waals surface area contributed by atoms with Crippen LogP contribution in [0.3, 0.4) is 0 Å². The van der Waals surface area contributed by atoms with E-state index in [-0.39, 0.29) is 11.9 Å². The van der Waals surface area contributed by atoms with Crippen LogP contribution in [0.2, 0.25) is 0 Å². The largest absolute Gasteiger partial charge is 0.383 e. The second-order valence-corrected chi connectivity index (χ2v) is 4.81. The summed E-state index contributed by atoms with van der Waals surface area (Å²) in [5.41, 5.74) is 1.68. The molecule has 1 N–H and O–H groups in total. The lowest BCUT2D eigenvalue weighted by molar-refractivity contribution is 0.203. The van der Waals surface area contributed by atoms with Crippen molar-refractivity contribution >= 4 is 5.69 Å². The molecule has 0 heterocycles. The average molecular weight is 268 g/mol. The maximum absolute atomic E-state index is 14.2. The van der Waals surface area contributed by atoms with Crippen LogP contribution in [0.5, 0.6) is 0 Å². The van der Waals surface area contributed by atoms with Crippen LogP contribution in [0.15, 0.2) is 18.2 Å². The second-order valence-electron chi connectivity index (χ2n) is 4.81. The summed E-state index contributed by atoms with van der Waals surface area (Å²) in [6.45, 7) is 9.01. The molecular formula is C15H25FN2O. The number of hydrogen-bond donors (Lipinski definition) is 1. The van der Waals surface area contributed by atoms with Gasteiger partial charge in [-0.05, 0) is 32.0 Å². The van der Waals surface area contributed by atoms with E-state index in [1.54, 1.807) is 13.2 Å². The van der Waals surface area contributed by atoms with Crippen molar-refractivity contribution in [2.24, 2.45) is 0 Å². The highest BCUT2D eigenvalue weighted by Gasteiger charge is 2.18. The normalized spacial score (nSPS) is 11.1. The fourth-order valence-electron chi connectivity index (χ4n) is 2.10. The molecule has 1 aromatic carbocycles. The Balaban J connectivity index is 3.04. The van der Waals surface area contributed by atoms with Gasteiger partial charge in [0, 0.05) is 26.2 Å². The quantitative estimate of drug-likeness (QED) is 0.784. The number of anilines is 1. The van der Waals surface area contributed by atoms with Crippen LogP contribution in [-0.2, 0) is 11.3 Å². The molecule has 0 radical (unpaired) electrons. The Morgan fingerprint density at radius 1 is 1.37 bits per heavy atom. The van der Waals surface area contributed by atoms with E-state index >= 15 is 0 Å². The van der Waals surface area contributed by atoms with Gasteiger partial charge in [-0.1, -0.05) is 19.1 Å². The van der Waals surface area contributed by atoms with Crippen molar-refractivity contribution in [3.8, 4) is 0 Å². The minimum atomic E-state index is -0.166. The molecule has 3 nitrogen and oxygen atoms in total. The highest BCUT2D eigenvalue weighted by atomic mass is 19.1. The summed E-state index contributed by atoms with van der Waals surface area (Å²) in [6, 6.07) is 5.49. The first-order valence-corrected chi connectivity index (χ1v) is 6.85. The van der Waals surface area contributed by atoms with Gasteiger partial charge in [-0.15, -0.1) is 0 Å². The van der Waals surface area contributed by atoms with E-state index in [4.69, 9.17) is 4.74 Å². The van der Waals surface area contributed by atoms with Crippen molar-refractivity contribution in [1.29, 1.82) is 0 Å². The van der Waals surface area contributed by atoms with Crippen LogP contribution >= 0.6 is 0 Å². The summed E-state index contributed by atoms with van der Waals surface area (Å²) in [4.78, 5) is 2.06.